The summed E-state index contributed by atoms with van der Waals surface area (Å²) in [7, 11) is 0. The molecule has 2 aromatic rings. The monoisotopic (exact) mass is 381 g/mol. The van der Waals surface area contributed by atoms with Crippen LogP contribution in [0.25, 0.3) is 0 Å². The minimum absolute atomic E-state index is 0.0112. The topological polar surface area (TPSA) is 71.5 Å². The van der Waals surface area contributed by atoms with Crippen molar-refractivity contribution in [2.45, 2.75) is 18.1 Å². The number of aromatic nitrogens is 1. The maximum Gasteiger partial charge on any atom is 0.233 e. The second-order valence-corrected chi connectivity index (χ2v) is 8.12. The Morgan fingerprint density at radius 3 is 3.00 bits per heavy atom. The number of likely N-dealkylation sites (tertiary alicyclic amines) is 1. The molecule has 0 aliphatic carbocycles. The standard InChI is InChI=1S/C20H19N3O3S/c24-17(22-19-21-9-11-27-19)15-14-6-8-20(26-14)12-23(18(25)16(15)20)10-7-13-4-2-1-3-5-13/h1-6,8-9,11,14-16H,7,10,12H2,(H,21,22,24)/t14-,15-,16-,20-/m1/s1. The average Bonchev–Trinajstić information content (AvgIpc) is 3.44. The molecule has 2 saturated heterocycles. The number of fused-ring (bicyclic) bond motifs is 1. The van der Waals surface area contributed by atoms with Crippen LogP contribution in [0.3, 0.4) is 0 Å². The van der Waals surface area contributed by atoms with Crippen LogP contribution in [0, 0.1) is 11.8 Å². The quantitative estimate of drug-likeness (QED) is 0.806. The van der Waals surface area contributed by atoms with Crippen LogP contribution in [0.2, 0.25) is 0 Å². The summed E-state index contributed by atoms with van der Waals surface area (Å²) < 4.78 is 6.14. The second kappa shape index (κ2) is 6.28. The number of ether oxygens (including phenoxy) is 1. The summed E-state index contributed by atoms with van der Waals surface area (Å²) in [5.74, 6) is -1.14. The summed E-state index contributed by atoms with van der Waals surface area (Å²) in [6, 6.07) is 10.1. The van der Waals surface area contributed by atoms with Crippen molar-refractivity contribution in [3.8, 4) is 0 Å². The van der Waals surface area contributed by atoms with Gasteiger partial charge >= 0.3 is 0 Å². The molecule has 6 nitrogen and oxygen atoms in total. The number of benzene rings is 1. The van der Waals surface area contributed by atoms with Crippen LogP contribution in [-0.4, -0.2) is 46.5 Å². The van der Waals surface area contributed by atoms with Gasteiger partial charge in [0, 0.05) is 18.1 Å². The Hall–Kier alpha value is -2.51. The van der Waals surface area contributed by atoms with Gasteiger partial charge < -0.3 is 15.0 Å². The van der Waals surface area contributed by atoms with E-state index in [0.717, 1.165) is 6.42 Å². The zero-order valence-corrected chi connectivity index (χ0v) is 15.4. The molecule has 27 heavy (non-hydrogen) atoms. The Kier molecular flexibility index (Phi) is 3.87. The fourth-order valence-corrected chi connectivity index (χ4v) is 4.98. The minimum Gasteiger partial charge on any atom is -0.360 e. The molecule has 0 radical (unpaired) electrons. The molecule has 1 aromatic heterocycles. The van der Waals surface area contributed by atoms with Crippen molar-refractivity contribution in [2.24, 2.45) is 11.8 Å². The fourth-order valence-electron chi connectivity index (χ4n) is 4.45. The second-order valence-electron chi connectivity index (χ2n) is 7.22. The van der Waals surface area contributed by atoms with Gasteiger partial charge in [-0.15, -0.1) is 11.3 Å². The molecule has 1 aromatic carbocycles. The van der Waals surface area contributed by atoms with Gasteiger partial charge in [-0.2, -0.15) is 0 Å². The molecular weight excluding hydrogens is 362 g/mol. The smallest absolute Gasteiger partial charge is 0.233 e. The highest BCUT2D eigenvalue weighted by molar-refractivity contribution is 7.13. The molecule has 0 saturated carbocycles. The van der Waals surface area contributed by atoms with E-state index < -0.39 is 17.4 Å². The number of amides is 2. The number of carbonyl (C=O) groups is 2. The van der Waals surface area contributed by atoms with Crippen molar-refractivity contribution < 1.29 is 14.3 Å². The van der Waals surface area contributed by atoms with Crippen molar-refractivity contribution in [1.29, 1.82) is 0 Å². The summed E-state index contributed by atoms with van der Waals surface area (Å²) in [5.41, 5.74) is 0.530. The SMILES string of the molecule is O=C(Nc1nccs1)[C@@H]1[C@H]2C=C[C@]3(CN(CCc4ccccc4)C(=O)[C@@H]13)O2. The van der Waals surface area contributed by atoms with Gasteiger partial charge in [0.25, 0.3) is 0 Å². The summed E-state index contributed by atoms with van der Waals surface area (Å²) in [4.78, 5) is 31.9. The molecule has 2 amide bonds. The molecule has 7 heteroatoms. The highest BCUT2D eigenvalue weighted by Crippen LogP contribution is 2.52. The molecule has 138 valence electrons. The first-order chi connectivity index (χ1) is 13.2. The first-order valence-corrected chi connectivity index (χ1v) is 9.94. The van der Waals surface area contributed by atoms with Crippen LogP contribution in [0.1, 0.15) is 5.56 Å². The van der Waals surface area contributed by atoms with Crippen LogP contribution < -0.4 is 5.32 Å². The largest absolute Gasteiger partial charge is 0.360 e. The lowest BCUT2D eigenvalue weighted by atomic mass is 9.77. The van der Waals surface area contributed by atoms with E-state index in [9.17, 15) is 9.59 Å². The van der Waals surface area contributed by atoms with E-state index in [1.54, 1.807) is 11.6 Å². The van der Waals surface area contributed by atoms with Gasteiger partial charge in [0.2, 0.25) is 11.8 Å². The zero-order chi connectivity index (χ0) is 18.4. The van der Waals surface area contributed by atoms with Gasteiger partial charge in [-0.1, -0.05) is 42.5 Å². The van der Waals surface area contributed by atoms with Crippen LogP contribution >= 0.6 is 11.3 Å². The molecule has 3 aliphatic heterocycles. The van der Waals surface area contributed by atoms with E-state index in [1.807, 2.05) is 35.3 Å². The first kappa shape index (κ1) is 16.6. The van der Waals surface area contributed by atoms with E-state index in [-0.39, 0.29) is 17.9 Å². The molecule has 0 unspecified atom stereocenters. The van der Waals surface area contributed by atoms with Gasteiger partial charge in [-0.3, -0.25) is 9.59 Å². The number of rotatable bonds is 5. The van der Waals surface area contributed by atoms with E-state index in [0.29, 0.717) is 18.2 Å². The molecule has 4 heterocycles. The summed E-state index contributed by atoms with van der Waals surface area (Å²) in [6.45, 7) is 1.14. The van der Waals surface area contributed by atoms with Gasteiger partial charge in [-0.05, 0) is 12.0 Å². The van der Waals surface area contributed by atoms with Crippen molar-refractivity contribution in [1.82, 2.24) is 9.88 Å². The Bertz CT molecular complexity index is 898. The minimum atomic E-state index is -0.663. The number of nitrogens with zero attached hydrogens (tertiary/aromatic N) is 2. The molecule has 1 spiro atoms. The van der Waals surface area contributed by atoms with Crippen molar-refractivity contribution in [2.75, 3.05) is 18.4 Å². The number of nitrogens with one attached hydrogen (secondary N) is 1. The van der Waals surface area contributed by atoms with Crippen LogP contribution in [0.5, 0.6) is 0 Å². The maximum atomic E-state index is 13.1. The summed E-state index contributed by atoms with van der Waals surface area (Å²) in [6.07, 6.45) is 6.01. The lowest BCUT2D eigenvalue weighted by molar-refractivity contribution is -0.135. The number of anilines is 1. The predicted octanol–water partition coefficient (Wildman–Crippen LogP) is 2.11. The number of carbonyl (C=O) groups excluding carboxylic acids is 2. The summed E-state index contributed by atoms with van der Waals surface area (Å²) >= 11 is 1.36. The normalized spacial score (nSPS) is 30.7. The molecule has 1 N–H and O–H groups in total. The Morgan fingerprint density at radius 1 is 1.37 bits per heavy atom. The number of hydrogen-bond donors (Lipinski definition) is 1. The van der Waals surface area contributed by atoms with Crippen molar-refractivity contribution >= 4 is 28.3 Å². The summed E-state index contributed by atoms with van der Waals surface area (Å²) in [5, 5.41) is 5.19. The molecule has 3 aliphatic rings. The maximum absolute atomic E-state index is 13.1. The van der Waals surface area contributed by atoms with Crippen molar-refractivity contribution in [3.63, 3.8) is 0 Å². The van der Waals surface area contributed by atoms with Crippen LogP contribution in [0.15, 0.2) is 54.1 Å². The van der Waals surface area contributed by atoms with E-state index >= 15 is 0 Å². The van der Waals surface area contributed by atoms with Gasteiger partial charge in [0.1, 0.15) is 5.60 Å². The van der Waals surface area contributed by atoms with E-state index in [2.05, 4.69) is 22.4 Å². The first-order valence-electron chi connectivity index (χ1n) is 9.06. The molecule has 2 bridgehead atoms. The highest BCUT2D eigenvalue weighted by Gasteiger charge is 2.66. The molecular formula is C20H19N3O3S. The highest BCUT2D eigenvalue weighted by atomic mass is 32.1. The van der Waals surface area contributed by atoms with Crippen LogP contribution in [0.4, 0.5) is 5.13 Å². The Labute approximate surface area is 160 Å². The Balaban J connectivity index is 1.33. The van der Waals surface area contributed by atoms with Crippen LogP contribution in [-0.2, 0) is 20.7 Å². The third-order valence-corrected chi connectivity index (χ3v) is 6.35. The van der Waals surface area contributed by atoms with Gasteiger partial charge in [-0.25, -0.2) is 4.98 Å². The molecule has 5 rings (SSSR count). The lowest BCUT2D eigenvalue weighted by Gasteiger charge is -2.23. The fraction of sp³-hybridized carbons (Fsp3) is 0.350. The lowest BCUT2D eigenvalue weighted by Crippen LogP contribution is -2.41. The third-order valence-electron chi connectivity index (χ3n) is 5.66. The average molecular weight is 381 g/mol. The van der Waals surface area contributed by atoms with E-state index in [4.69, 9.17) is 4.74 Å². The van der Waals surface area contributed by atoms with Crippen molar-refractivity contribution in [3.05, 3.63) is 59.6 Å². The Morgan fingerprint density at radius 2 is 2.22 bits per heavy atom. The van der Waals surface area contributed by atoms with Gasteiger partial charge in [0.05, 0.1) is 24.5 Å². The predicted molar refractivity (Wildman–Crippen MR) is 101 cm³/mol. The van der Waals surface area contributed by atoms with Gasteiger partial charge in [0.15, 0.2) is 5.13 Å². The number of thiazole rings is 1. The molecule has 2 fully saturated rings. The third kappa shape index (κ3) is 2.69. The van der Waals surface area contributed by atoms with E-state index in [1.165, 1.54) is 16.9 Å². The molecule has 4 atom stereocenters. The number of hydrogen-bond acceptors (Lipinski definition) is 5. The zero-order valence-electron chi connectivity index (χ0n) is 14.6.